The monoisotopic (exact) mass is 317 g/mol. The van der Waals surface area contributed by atoms with E-state index in [0.717, 1.165) is 5.69 Å². The summed E-state index contributed by atoms with van der Waals surface area (Å²) in [6.45, 7) is 4.91. The predicted octanol–water partition coefficient (Wildman–Crippen LogP) is 3.46. The van der Waals surface area contributed by atoms with Crippen LogP contribution in [0.4, 0.5) is 10.1 Å². The molecule has 0 saturated heterocycles. The number of benzene rings is 2. The van der Waals surface area contributed by atoms with E-state index < -0.39 is 6.10 Å². The molecule has 0 bridgehead atoms. The summed E-state index contributed by atoms with van der Waals surface area (Å²) in [5.74, 6) is -0.283. The minimum atomic E-state index is -0.632. The highest BCUT2D eigenvalue weighted by Gasteiger charge is 2.11. The molecule has 2 rings (SSSR count). The van der Waals surface area contributed by atoms with Crippen molar-refractivity contribution in [3.8, 4) is 0 Å². The number of halogens is 1. The molecule has 0 radical (unpaired) electrons. The number of aryl methyl sites for hydroxylation is 2. The normalized spacial score (nSPS) is 12.2. The van der Waals surface area contributed by atoms with E-state index >= 15 is 0 Å². The molecular formula is C19H24FNO2. The minimum absolute atomic E-state index is 0.164. The van der Waals surface area contributed by atoms with Crippen molar-refractivity contribution in [3.63, 3.8) is 0 Å². The van der Waals surface area contributed by atoms with Gasteiger partial charge in [-0.1, -0.05) is 35.9 Å². The average Bonchev–Trinajstić information content (AvgIpc) is 2.49. The standard InChI is InChI=1S/C19H24FNO2/c1-14-8-9-19(15(2)10-14)21(3)11-17(22)13-23-12-16-6-4-5-7-18(16)20/h4-10,17,22H,11-13H2,1-3H3/t17-/m1/s1. The van der Waals surface area contributed by atoms with Gasteiger partial charge in [0.25, 0.3) is 0 Å². The molecule has 0 spiro atoms. The van der Waals surface area contributed by atoms with E-state index in [-0.39, 0.29) is 19.0 Å². The Balaban J connectivity index is 1.82. The summed E-state index contributed by atoms with van der Waals surface area (Å²) in [6, 6.07) is 12.7. The predicted molar refractivity (Wildman–Crippen MR) is 91.2 cm³/mol. The Morgan fingerprint density at radius 1 is 1.17 bits per heavy atom. The van der Waals surface area contributed by atoms with Gasteiger partial charge < -0.3 is 14.7 Å². The van der Waals surface area contributed by atoms with Crippen LogP contribution in [0.1, 0.15) is 16.7 Å². The Bertz CT molecular complexity index is 645. The first-order chi connectivity index (χ1) is 11.0. The summed E-state index contributed by atoms with van der Waals surface area (Å²) in [7, 11) is 1.94. The van der Waals surface area contributed by atoms with E-state index in [2.05, 4.69) is 32.0 Å². The van der Waals surface area contributed by atoms with Crippen molar-refractivity contribution in [2.24, 2.45) is 0 Å². The molecule has 0 aliphatic carbocycles. The molecule has 0 heterocycles. The van der Waals surface area contributed by atoms with E-state index in [1.54, 1.807) is 18.2 Å². The Labute approximate surface area is 137 Å². The third-order valence-corrected chi connectivity index (χ3v) is 3.77. The van der Waals surface area contributed by atoms with E-state index in [9.17, 15) is 9.50 Å². The SMILES string of the molecule is Cc1ccc(N(C)C[C@@H](O)COCc2ccccc2F)c(C)c1. The molecule has 1 N–H and O–H groups in total. The molecule has 0 unspecified atom stereocenters. The van der Waals surface area contributed by atoms with Crippen LogP contribution in [-0.4, -0.2) is 31.4 Å². The van der Waals surface area contributed by atoms with Crippen LogP contribution in [0.5, 0.6) is 0 Å². The summed E-state index contributed by atoms with van der Waals surface area (Å²) in [6.07, 6.45) is -0.632. The molecule has 4 heteroatoms. The first kappa shape index (κ1) is 17.4. The first-order valence-corrected chi connectivity index (χ1v) is 7.75. The lowest BCUT2D eigenvalue weighted by Gasteiger charge is -2.24. The topological polar surface area (TPSA) is 32.7 Å². The Kier molecular flexibility index (Phi) is 6.13. The number of aliphatic hydroxyl groups excluding tert-OH is 1. The molecule has 2 aromatic carbocycles. The van der Waals surface area contributed by atoms with Gasteiger partial charge in [0.1, 0.15) is 5.82 Å². The number of rotatable bonds is 7. The number of aliphatic hydroxyl groups is 1. The van der Waals surface area contributed by atoms with E-state index in [0.29, 0.717) is 12.1 Å². The molecule has 1 atom stereocenters. The molecule has 0 amide bonds. The third-order valence-electron chi connectivity index (χ3n) is 3.77. The van der Waals surface area contributed by atoms with Gasteiger partial charge in [0.15, 0.2) is 0 Å². The van der Waals surface area contributed by atoms with Gasteiger partial charge >= 0.3 is 0 Å². The third kappa shape index (κ3) is 5.05. The average molecular weight is 317 g/mol. The molecule has 3 nitrogen and oxygen atoms in total. The Hall–Kier alpha value is -1.91. The zero-order chi connectivity index (χ0) is 16.8. The molecule has 0 fully saturated rings. The van der Waals surface area contributed by atoms with Crippen LogP contribution in [0.15, 0.2) is 42.5 Å². The van der Waals surface area contributed by atoms with Gasteiger partial charge in [-0.2, -0.15) is 0 Å². The van der Waals surface area contributed by atoms with Gasteiger partial charge in [-0.3, -0.25) is 0 Å². The lowest BCUT2D eigenvalue weighted by atomic mass is 10.1. The number of likely N-dealkylation sites (N-methyl/N-ethyl adjacent to an activating group) is 1. The van der Waals surface area contributed by atoms with Crippen molar-refractivity contribution in [3.05, 3.63) is 65.0 Å². The van der Waals surface area contributed by atoms with E-state index in [4.69, 9.17) is 4.74 Å². The van der Waals surface area contributed by atoms with Crippen LogP contribution in [0, 0.1) is 19.7 Å². The number of ether oxygens (including phenoxy) is 1. The maximum absolute atomic E-state index is 13.5. The van der Waals surface area contributed by atoms with Crippen LogP contribution >= 0.6 is 0 Å². The minimum Gasteiger partial charge on any atom is -0.389 e. The highest BCUT2D eigenvalue weighted by Crippen LogP contribution is 2.20. The second-order valence-electron chi connectivity index (χ2n) is 5.93. The lowest BCUT2D eigenvalue weighted by molar-refractivity contribution is 0.0314. The molecule has 0 aliphatic rings. The summed E-state index contributed by atoms with van der Waals surface area (Å²) in [5.41, 5.74) is 3.98. The molecule has 0 aromatic heterocycles. The summed E-state index contributed by atoms with van der Waals surface area (Å²) in [5, 5.41) is 10.1. The van der Waals surface area contributed by atoms with Crippen molar-refractivity contribution < 1.29 is 14.2 Å². The Morgan fingerprint density at radius 3 is 2.61 bits per heavy atom. The fraction of sp³-hybridized carbons (Fsp3) is 0.368. The van der Waals surface area contributed by atoms with Crippen LogP contribution < -0.4 is 4.90 Å². The second kappa shape index (κ2) is 8.09. The van der Waals surface area contributed by atoms with Gasteiger partial charge in [0.2, 0.25) is 0 Å². The van der Waals surface area contributed by atoms with Crippen LogP contribution in [0.3, 0.4) is 0 Å². The number of nitrogens with zero attached hydrogens (tertiary/aromatic N) is 1. The van der Waals surface area contributed by atoms with Crippen LogP contribution in [0.25, 0.3) is 0 Å². The largest absolute Gasteiger partial charge is 0.389 e. The molecule has 2 aromatic rings. The van der Waals surface area contributed by atoms with Crippen molar-refractivity contribution in [1.29, 1.82) is 0 Å². The number of anilines is 1. The second-order valence-corrected chi connectivity index (χ2v) is 5.93. The number of hydrogen-bond acceptors (Lipinski definition) is 3. The van der Waals surface area contributed by atoms with Gasteiger partial charge in [0.05, 0.1) is 19.3 Å². The van der Waals surface area contributed by atoms with Gasteiger partial charge in [-0.05, 0) is 31.5 Å². The molecule has 23 heavy (non-hydrogen) atoms. The van der Waals surface area contributed by atoms with Crippen molar-refractivity contribution in [2.75, 3.05) is 25.1 Å². The van der Waals surface area contributed by atoms with Crippen molar-refractivity contribution in [1.82, 2.24) is 0 Å². The maximum Gasteiger partial charge on any atom is 0.128 e. The molecule has 0 aliphatic heterocycles. The smallest absolute Gasteiger partial charge is 0.128 e. The van der Waals surface area contributed by atoms with E-state index in [1.165, 1.54) is 17.2 Å². The van der Waals surface area contributed by atoms with Gasteiger partial charge in [-0.25, -0.2) is 4.39 Å². The quantitative estimate of drug-likeness (QED) is 0.849. The highest BCUT2D eigenvalue weighted by molar-refractivity contribution is 5.53. The number of hydrogen-bond donors (Lipinski definition) is 1. The van der Waals surface area contributed by atoms with Gasteiger partial charge in [-0.15, -0.1) is 0 Å². The summed E-state index contributed by atoms with van der Waals surface area (Å²) >= 11 is 0. The van der Waals surface area contributed by atoms with E-state index in [1.807, 2.05) is 11.9 Å². The first-order valence-electron chi connectivity index (χ1n) is 7.75. The zero-order valence-electron chi connectivity index (χ0n) is 13.9. The van der Waals surface area contributed by atoms with Gasteiger partial charge in [0, 0.05) is 24.8 Å². The van der Waals surface area contributed by atoms with Crippen molar-refractivity contribution >= 4 is 5.69 Å². The van der Waals surface area contributed by atoms with Crippen LogP contribution in [0.2, 0.25) is 0 Å². The summed E-state index contributed by atoms with van der Waals surface area (Å²) < 4.78 is 18.9. The summed E-state index contributed by atoms with van der Waals surface area (Å²) in [4.78, 5) is 2.01. The lowest BCUT2D eigenvalue weighted by Crippen LogP contribution is -2.32. The van der Waals surface area contributed by atoms with Crippen molar-refractivity contribution in [2.45, 2.75) is 26.6 Å². The van der Waals surface area contributed by atoms with Crippen LogP contribution in [-0.2, 0) is 11.3 Å². The molecule has 0 saturated carbocycles. The molecule has 124 valence electrons. The molecular weight excluding hydrogens is 293 g/mol. The highest BCUT2D eigenvalue weighted by atomic mass is 19.1. The fourth-order valence-corrected chi connectivity index (χ4v) is 2.62. The maximum atomic E-state index is 13.5. The fourth-order valence-electron chi connectivity index (χ4n) is 2.62. The Morgan fingerprint density at radius 2 is 1.91 bits per heavy atom. The zero-order valence-corrected chi connectivity index (χ0v) is 13.9.